The molecule has 4 rings (SSSR count). The van der Waals surface area contributed by atoms with Gasteiger partial charge in [0.2, 0.25) is 5.60 Å². The maximum absolute atomic E-state index is 14.0. The molecule has 8 heteroatoms. The molecule has 0 radical (unpaired) electrons. The van der Waals surface area contributed by atoms with Crippen molar-refractivity contribution in [2.45, 2.75) is 25.0 Å². The summed E-state index contributed by atoms with van der Waals surface area (Å²) >= 11 is 0. The van der Waals surface area contributed by atoms with E-state index >= 15 is 0 Å². The molecule has 0 spiro atoms. The standard InChI is InChI=1S/C22H25FN4O3/c1-22(11-19(27-30-22)17-5-3-4-6-18(17)23)21(28)24-12-15-13-25-26-20(15)14-7-9-16(29-2)10-8-14/h3-10,15,20,25-26H,11-13H2,1-2H3,(H,24,28). The van der Waals surface area contributed by atoms with Crippen LogP contribution in [0.1, 0.15) is 30.5 Å². The Hall–Kier alpha value is -2.97. The average Bonchev–Trinajstić information content (AvgIpc) is 3.40. The molecule has 0 aromatic heterocycles. The molecule has 1 fully saturated rings. The zero-order chi connectivity index (χ0) is 21.1. The number of benzene rings is 2. The van der Waals surface area contributed by atoms with Crippen molar-refractivity contribution in [3.63, 3.8) is 0 Å². The number of ether oxygens (including phenoxy) is 1. The fourth-order valence-electron chi connectivity index (χ4n) is 3.80. The molecule has 2 aromatic rings. The fraction of sp³-hybridized carbons (Fsp3) is 0.364. The molecule has 158 valence electrons. The molecule has 1 saturated heterocycles. The molecule has 0 saturated carbocycles. The van der Waals surface area contributed by atoms with Crippen LogP contribution in [0.2, 0.25) is 0 Å². The van der Waals surface area contributed by atoms with Gasteiger partial charge in [0.25, 0.3) is 5.91 Å². The Morgan fingerprint density at radius 1 is 1.30 bits per heavy atom. The van der Waals surface area contributed by atoms with Gasteiger partial charge < -0.3 is 14.9 Å². The van der Waals surface area contributed by atoms with Crippen LogP contribution in [0.3, 0.4) is 0 Å². The van der Waals surface area contributed by atoms with E-state index in [1.807, 2.05) is 24.3 Å². The number of nitrogens with one attached hydrogen (secondary N) is 3. The van der Waals surface area contributed by atoms with Gasteiger partial charge in [0, 0.05) is 31.0 Å². The van der Waals surface area contributed by atoms with Gasteiger partial charge >= 0.3 is 0 Å². The molecular formula is C22H25FN4O3. The molecule has 2 aliphatic heterocycles. The lowest BCUT2D eigenvalue weighted by Crippen LogP contribution is -2.46. The molecule has 1 amide bonds. The Kier molecular flexibility index (Phi) is 5.69. The Labute approximate surface area is 174 Å². The number of hydrogen-bond acceptors (Lipinski definition) is 6. The zero-order valence-electron chi connectivity index (χ0n) is 16.9. The second-order valence-corrected chi connectivity index (χ2v) is 7.76. The van der Waals surface area contributed by atoms with Crippen LogP contribution in [0.15, 0.2) is 53.7 Å². The normalized spacial score (nSPS) is 25.5. The van der Waals surface area contributed by atoms with Crippen molar-refractivity contribution >= 4 is 11.6 Å². The van der Waals surface area contributed by atoms with Gasteiger partial charge in [-0.1, -0.05) is 35.5 Å². The summed E-state index contributed by atoms with van der Waals surface area (Å²) in [6.07, 6.45) is 0.211. The molecule has 0 bridgehead atoms. The molecule has 2 aliphatic rings. The minimum atomic E-state index is -1.16. The number of oxime groups is 1. The van der Waals surface area contributed by atoms with Crippen molar-refractivity contribution in [3.05, 3.63) is 65.5 Å². The summed E-state index contributed by atoms with van der Waals surface area (Å²) < 4.78 is 19.3. The molecule has 30 heavy (non-hydrogen) atoms. The van der Waals surface area contributed by atoms with Gasteiger partial charge in [0.15, 0.2) is 0 Å². The first-order valence-electron chi connectivity index (χ1n) is 9.91. The lowest BCUT2D eigenvalue weighted by molar-refractivity contribution is -0.141. The lowest BCUT2D eigenvalue weighted by Gasteiger charge is -2.24. The van der Waals surface area contributed by atoms with Gasteiger partial charge in [0.1, 0.15) is 11.6 Å². The Morgan fingerprint density at radius 2 is 2.07 bits per heavy atom. The van der Waals surface area contributed by atoms with Crippen LogP contribution >= 0.6 is 0 Å². The Morgan fingerprint density at radius 3 is 2.80 bits per heavy atom. The summed E-state index contributed by atoms with van der Waals surface area (Å²) in [5.41, 5.74) is 7.16. The first-order chi connectivity index (χ1) is 14.5. The highest BCUT2D eigenvalue weighted by Crippen LogP contribution is 2.29. The molecule has 3 unspecified atom stereocenters. The van der Waals surface area contributed by atoms with E-state index in [0.29, 0.717) is 24.4 Å². The van der Waals surface area contributed by atoms with E-state index < -0.39 is 5.60 Å². The van der Waals surface area contributed by atoms with Crippen LogP contribution in [-0.4, -0.2) is 37.4 Å². The maximum Gasteiger partial charge on any atom is 0.267 e. The number of methoxy groups -OCH3 is 1. The highest BCUT2D eigenvalue weighted by atomic mass is 19.1. The predicted octanol–water partition coefficient (Wildman–Crippen LogP) is 2.30. The third-order valence-electron chi connectivity index (χ3n) is 5.62. The van der Waals surface area contributed by atoms with Crippen LogP contribution in [0.5, 0.6) is 5.75 Å². The van der Waals surface area contributed by atoms with Gasteiger partial charge in [0.05, 0.1) is 18.9 Å². The number of amides is 1. The van der Waals surface area contributed by atoms with E-state index in [4.69, 9.17) is 9.57 Å². The third-order valence-corrected chi connectivity index (χ3v) is 5.62. The van der Waals surface area contributed by atoms with Crippen molar-refractivity contribution in [1.82, 2.24) is 16.2 Å². The van der Waals surface area contributed by atoms with Crippen molar-refractivity contribution in [3.8, 4) is 5.75 Å². The molecule has 2 heterocycles. The van der Waals surface area contributed by atoms with Gasteiger partial charge in [-0.2, -0.15) is 0 Å². The van der Waals surface area contributed by atoms with E-state index in [-0.39, 0.29) is 30.1 Å². The highest BCUT2D eigenvalue weighted by Gasteiger charge is 2.43. The SMILES string of the molecule is COc1ccc(C2NNCC2CNC(=O)C2(C)CC(c3ccccc3F)=NO2)cc1. The van der Waals surface area contributed by atoms with Gasteiger partial charge in [-0.25, -0.2) is 9.82 Å². The van der Waals surface area contributed by atoms with E-state index in [2.05, 4.69) is 21.3 Å². The number of rotatable bonds is 6. The number of carbonyl (C=O) groups is 1. The Bertz CT molecular complexity index is 950. The molecule has 2 aromatic carbocycles. The van der Waals surface area contributed by atoms with Crippen LogP contribution < -0.4 is 20.9 Å². The highest BCUT2D eigenvalue weighted by molar-refractivity contribution is 6.05. The average molecular weight is 412 g/mol. The van der Waals surface area contributed by atoms with Gasteiger partial charge in [-0.3, -0.25) is 10.2 Å². The molecule has 7 nitrogen and oxygen atoms in total. The smallest absolute Gasteiger partial charge is 0.267 e. The van der Waals surface area contributed by atoms with Crippen LogP contribution in [0.25, 0.3) is 0 Å². The summed E-state index contributed by atoms with van der Waals surface area (Å²) in [6.45, 7) is 2.85. The van der Waals surface area contributed by atoms with E-state index in [0.717, 1.165) is 11.3 Å². The summed E-state index contributed by atoms with van der Waals surface area (Å²) in [5.74, 6) is 0.304. The van der Waals surface area contributed by atoms with Gasteiger partial charge in [-0.05, 0) is 30.7 Å². The van der Waals surface area contributed by atoms with Crippen LogP contribution in [0.4, 0.5) is 4.39 Å². The van der Waals surface area contributed by atoms with E-state index in [1.54, 1.807) is 32.2 Å². The summed E-state index contributed by atoms with van der Waals surface area (Å²) in [4.78, 5) is 18.3. The minimum Gasteiger partial charge on any atom is -0.497 e. The fourth-order valence-corrected chi connectivity index (χ4v) is 3.80. The molecule has 0 aliphatic carbocycles. The van der Waals surface area contributed by atoms with Crippen molar-refractivity contribution in [2.75, 3.05) is 20.2 Å². The first-order valence-corrected chi connectivity index (χ1v) is 9.91. The van der Waals surface area contributed by atoms with Crippen molar-refractivity contribution < 1.29 is 18.8 Å². The summed E-state index contributed by atoms with van der Waals surface area (Å²) in [6, 6.07) is 14.3. The Balaban J connectivity index is 1.36. The predicted molar refractivity (Wildman–Crippen MR) is 110 cm³/mol. The molecule has 3 N–H and O–H groups in total. The van der Waals surface area contributed by atoms with Crippen molar-refractivity contribution in [1.29, 1.82) is 0 Å². The largest absolute Gasteiger partial charge is 0.497 e. The third kappa shape index (κ3) is 4.01. The number of nitrogens with zero attached hydrogens (tertiary/aromatic N) is 1. The lowest BCUT2D eigenvalue weighted by atomic mass is 9.93. The monoisotopic (exact) mass is 412 g/mol. The minimum absolute atomic E-state index is 0.0544. The topological polar surface area (TPSA) is 84.0 Å². The van der Waals surface area contributed by atoms with E-state index in [1.165, 1.54) is 6.07 Å². The van der Waals surface area contributed by atoms with Crippen LogP contribution in [0, 0.1) is 11.7 Å². The summed E-state index contributed by atoms with van der Waals surface area (Å²) in [5, 5.41) is 6.96. The second kappa shape index (κ2) is 8.41. The first kappa shape index (κ1) is 20.3. The quantitative estimate of drug-likeness (QED) is 0.678. The molecular weight excluding hydrogens is 387 g/mol. The maximum atomic E-state index is 14.0. The zero-order valence-corrected chi connectivity index (χ0v) is 16.9. The number of hydrogen-bond donors (Lipinski definition) is 3. The van der Waals surface area contributed by atoms with E-state index in [9.17, 15) is 9.18 Å². The number of hydrazine groups is 1. The summed E-state index contributed by atoms with van der Waals surface area (Å²) in [7, 11) is 1.63. The molecule has 3 atom stereocenters. The van der Waals surface area contributed by atoms with Gasteiger partial charge in [-0.15, -0.1) is 0 Å². The van der Waals surface area contributed by atoms with Crippen LogP contribution in [-0.2, 0) is 9.63 Å². The second-order valence-electron chi connectivity index (χ2n) is 7.76. The number of halogens is 1. The number of carbonyl (C=O) groups excluding carboxylic acids is 1. The van der Waals surface area contributed by atoms with Crippen molar-refractivity contribution in [2.24, 2.45) is 11.1 Å².